The molecule has 120 valence electrons. The van der Waals surface area contributed by atoms with Crippen LogP contribution in [0.2, 0.25) is 0 Å². The molecule has 0 aromatic carbocycles. The summed E-state index contributed by atoms with van der Waals surface area (Å²) in [5.74, 6) is -0.0685. The summed E-state index contributed by atoms with van der Waals surface area (Å²) in [5.41, 5.74) is 5.50. The molecule has 1 amide bonds. The van der Waals surface area contributed by atoms with Crippen LogP contribution in [0.4, 0.5) is 0 Å². The first-order chi connectivity index (χ1) is 8.94. The Bertz CT molecular complexity index is 387. The number of carbonyl (C=O) groups is 1. The molecule has 7 nitrogen and oxygen atoms in total. The zero-order valence-corrected chi connectivity index (χ0v) is 13.3. The van der Waals surface area contributed by atoms with E-state index in [1.54, 1.807) is 0 Å². The minimum atomic E-state index is -3.32. The van der Waals surface area contributed by atoms with Crippen molar-refractivity contribution in [3.05, 3.63) is 0 Å². The van der Waals surface area contributed by atoms with Gasteiger partial charge in [0.2, 0.25) is 15.9 Å². The van der Waals surface area contributed by atoms with Gasteiger partial charge < -0.3 is 15.8 Å². The molecule has 0 aromatic heterocycles. The highest BCUT2D eigenvalue weighted by atomic mass is 35.5. The molecule has 1 atom stereocenters. The second-order valence-corrected chi connectivity index (χ2v) is 6.74. The number of rotatable bonds is 9. The van der Waals surface area contributed by atoms with Crippen LogP contribution in [-0.2, 0) is 19.6 Å². The Morgan fingerprint density at radius 3 is 2.60 bits per heavy atom. The number of ether oxygens (including phenoxy) is 1. The maximum atomic E-state index is 11.6. The fourth-order valence-electron chi connectivity index (χ4n) is 1.71. The lowest BCUT2D eigenvalue weighted by Gasteiger charge is -2.25. The van der Waals surface area contributed by atoms with Gasteiger partial charge in [-0.2, -0.15) is 0 Å². The van der Waals surface area contributed by atoms with Gasteiger partial charge in [-0.15, -0.1) is 12.4 Å². The van der Waals surface area contributed by atoms with E-state index in [-0.39, 0.29) is 31.3 Å². The van der Waals surface area contributed by atoms with E-state index in [0.717, 1.165) is 12.8 Å². The molecule has 0 saturated heterocycles. The van der Waals surface area contributed by atoms with Crippen LogP contribution in [0.25, 0.3) is 0 Å². The lowest BCUT2D eigenvalue weighted by molar-refractivity contribution is -0.123. The third-order valence-corrected chi connectivity index (χ3v) is 4.52. The molecule has 1 aliphatic carbocycles. The third-order valence-electron chi connectivity index (χ3n) is 3.17. The Hall–Kier alpha value is -0.410. The maximum absolute atomic E-state index is 11.6. The highest BCUT2D eigenvalue weighted by molar-refractivity contribution is 7.89. The number of nitrogens with one attached hydrogen (secondary N) is 2. The van der Waals surface area contributed by atoms with Crippen LogP contribution in [0.5, 0.6) is 0 Å². The first-order valence-corrected chi connectivity index (χ1v) is 8.09. The molecule has 20 heavy (non-hydrogen) atoms. The van der Waals surface area contributed by atoms with Crippen molar-refractivity contribution in [3.8, 4) is 0 Å². The van der Waals surface area contributed by atoms with Crippen molar-refractivity contribution < 1.29 is 17.9 Å². The average Bonchev–Trinajstić information content (AvgIpc) is 2.26. The molecular weight excluding hydrogens is 306 g/mol. The van der Waals surface area contributed by atoms with Crippen LogP contribution < -0.4 is 15.8 Å². The van der Waals surface area contributed by atoms with Crippen molar-refractivity contribution in [3.63, 3.8) is 0 Å². The summed E-state index contributed by atoms with van der Waals surface area (Å²) in [6.07, 6.45) is 3.36. The zero-order valence-electron chi connectivity index (χ0n) is 11.6. The van der Waals surface area contributed by atoms with E-state index in [4.69, 9.17) is 10.5 Å². The molecule has 0 aliphatic heterocycles. The number of hydrogen-bond donors (Lipinski definition) is 3. The third kappa shape index (κ3) is 7.39. The molecule has 0 heterocycles. The molecule has 1 aliphatic rings. The lowest BCUT2D eigenvalue weighted by Crippen LogP contribution is -2.45. The summed E-state index contributed by atoms with van der Waals surface area (Å²) < 4.78 is 30.6. The minimum absolute atomic E-state index is 0. The number of halogens is 1. The normalized spacial score (nSPS) is 16.9. The Kier molecular flexibility index (Phi) is 9.32. The summed E-state index contributed by atoms with van der Waals surface area (Å²) in [5, 5.41) is 2.48. The molecule has 1 fully saturated rings. The number of carbonyl (C=O) groups excluding carboxylic acids is 1. The van der Waals surface area contributed by atoms with Crippen LogP contribution in [0.3, 0.4) is 0 Å². The number of methoxy groups -OCH3 is 1. The van der Waals surface area contributed by atoms with Crippen LogP contribution in [0.1, 0.15) is 19.3 Å². The highest BCUT2D eigenvalue weighted by Gasteiger charge is 2.20. The molecule has 0 aromatic rings. The van der Waals surface area contributed by atoms with Crippen LogP contribution >= 0.6 is 12.4 Å². The lowest BCUT2D eigenvalue weighted by atomic mass is 9.86. The Morgan fingerprint density at radius 1 is 1.45 bits per heavy atom. The molecule has 4 N–H and O–H groups in total. The first kappa shape index (κ1) is 19.6. The van der Waals surface area contributed by atoms with E-state index in [0.29, 0.717) is 12.5 Å². The molecule has 1 unspecified atom stereocenters. The molecular formula is C11H24ClN3O4S. The summed E-state index contributed by atoms with van der Waals surface area (Å²) in [4.78, 5) is 11.4. The second-order valence-electron chi connectivity index (χ2n) is 4.82. The monoisotopic (exact) mass is 329 g/mol. The smallest absolute Gasteiger partial charge is 0.239 e. The van der Waals surface area contributed by atoms with E-state index in [1.807, 2.05) is 0 Å². The van der Waals surface area contributed by atoms with Crippen molar-refractivity contribution in [2.75, 3.05) is 32.6 Å². The number of hydrogen-bond acceptors (Lipinski definition) is 5. The van der Waals surface area contributed by atoms with Crippen molar-refractivity contribution in [2.45, 2.75) is 25.3 Å². The SMILES string of the molecule is COCC(N)C(=O)NCCS(=O)(=O)NCC1CCC1.Cl. The van der Waals surface area contributed by atoms with E-state index in [9.17, 15) is 13.2 Å². The zero-order chi connectivity index (χ0) is 14.3. The van der Waals surface area contributed by atoms with Gasteiger partial charge in [0, 0.05) is 20.2 Å². The van der Waals surface area contributed by atoms with Crippen molar-refractivity contribution >= 4 is 28.3 Å². The van der Waals surface area contributed by atoms with Crippen molar-refractivity contribution in [1.29, 1.82) is 0 Å². The first-order valence-electron chi connectivity index (χ1n) is 6.44. The van der Waals surface area contributed by atoms with Crippen molar-refractivity contribution in [2.24, 2.45) is 11.7 Å². The summed E-state index contributed by atoms with van der Waals surface area (Å²) in [7, 11) is -1.88. The molecule has 9 heteroatoms. The largest absolute Gasteiger partial charge is 0.383 e. The van der Waals surface area contributed by atoms with Crippen molar-refractivity contribution in [1.82, 2.24) is 10.0 Å². The predicted molar refractivity (Wildman–Crippen MR) is 79.2 cm³/mol. The quantitative estimate of drug-likeness (QED) is 0.514. The van der Waals surface area contributed by atoms with Crippen LogP contribution in [-0.4, -0.2) is 52.9 Å². The van der Waals surface area contributed by atoms with Gasteiger partial charge in [0.15, 0.2) is 0 Å². The topological polar surface area (TPSA) is 111 Å². The fraction of sp³-hybridized carbons (Fsp3) is 0.909. The Labute approximate surface area is 126 Å². The molecule has 0 spiro atoms. The van der Waals surface area contributed by atoms with Crippen LogP contribution in [0.15, 0.2) is 0 Å². The minimum Gasteiger partial charge on any atom is -0.383 e. The van der Waals surface area contributed by atoms with E-state index in [1.165, 1.54) is 13.5 Å². The summed E-state index contributed by atoms with van der Waals surface area (Å²) >= 11 is 0. The number of nitrogens with two attached hydrogens (primary N) is 1. The maximum Gasteiger partial charge on any atom is 0.239 e. The second kappa shape index (κ2) is 9.51. The van der Waals surface area contributed by atoms with Gasteiger partial charge in [-0.05, 0) is 18.8 Å². The molecule has 0 radical (unpaired) electrons. The van der Waals surface area contributed by atoms with Gasteiger partial charge in [-0.3, -0.25) is 4.79 Å². The Balaban J connectivity index is 0.00000361. The van der Waals surface area contributed by atoms with Gasteiger partial charge in [0.25, 0.3) is 0 Å². The van der Waals surface area contributed by atoms with Gasteiger partial charge >= 0.3 is 0 Å². The number of amides is 1. The average molecular weight is 330 g/mol. The highest BCUT2D eigenvalue weighted by Crippen LogP contribution is 2.25. The van der Waals surface area contributed by atoms with Gasteiger partial charge in [0.1, 0.15) is 6.04 Å². The van der Waals surface area contributed by atoms with Gasteiger partial charge in [-0.25, -0.2) is 13.1 Å². The summed E-state index contributed by atoms with van der Waals surface area (Å²) in [6.45, 7) is 0.661. The Morgan fingerprint density at radius 2 is 2.10 bits per heavy atom. The number of sulfonamides is 1. The standard InChI is InChI=1S/C11H23N3O4S.ClH/c1-18-8-10(12)11(15)13-5-6-19(16,17)14-7-9-3-2-4-9;/h9-10,14H,2-8,12H2,1H3,(H,13,15);1H. The van der Waals surface area contributed by atoms with E-state index >= 15 is 0 Å². The fourth-order valence-corrected chi connectivity index (χ4v) is 2.71. The van der Waals surface area contributed by atoms with E-state index in [2.05, 4.69) is 10.0 Å². The van der Waals surface area contributed by atoms with Crippen LogP contribution in [0, 0.1) is 5.92 Å². The van der Waals surface area contributed by atoms with Gasteiger partial charge in [0.05, 0.1) is 12.4 Å². The summed E-state index contributed by atoms with van der Waals surface area (Å²) in [6, 6.07) is -0.768. The van der Waals surface area contributed by atoms with Gasteiger partial charge in [-0.1, -0.05) is 6.42 Å². The molecule has 0 bridgehead atoms. The molecule has 1 saturated carbocycles. The molecule has 1 rings (SSSR count). The van der Waals surface area contributed by atoms with E-state index < -0.39 is 22.0 Å². The predicted octanol–water partition coefficient (Wildman–Crippen LogP) is -0.782.